The average Bonchev–Trinajstić information content (AvgIpc) is 3.39. The second kappa shape index (κ2) is 11.7. The van der Waals surface area contributed by atoms with E-state index in [0.717, 1.165) is 17.5 Å². The highest BCUT2D eigenvalue weighted by molar-refractivity contribution is 5.97. The SMILES string of the molecule is CNC(=O)c1ccc2c(c1)CCc1cc(C(=O)NC)ccc1C2(CCNCC(=O)N1CCC[C@H]1C#N)C(N)=O. The standard InChI is InChI=1S/C29H34N6O4/c1-32-26(37)20-7-9-23-18(14-20)5-6-19-15-21(27(38)33-2)8-10-24(19)29(23,28(31)39)11-12-34-17-25(36)35-13-3-4-22(35)16-30/h7-10,14-15,22,34H,3-6,11-13,17H2,1-2H3,(H2,31,39)(H,32,37)(H,33,38)/t22-/m0/s1. The zero-order valence-corrected chi connectivity index (χ0v) is 22.3. The Balaban J connectivity index is 1.70. The quantitative estimate of drug-likeness (QED) is 0.369. The summed E-state index contributed by atoms with van der Waals surface area (Å²) in [4.78, 5) is 52.5. The van der Waals surface area contributed by atoms with Gasteiger partial charge in [-0.1, -0.05) is 12.1 Å². The Kier molecular flexibility index (Phi) is 8.31. The Morgan fingerprint density at radius 3 is 2.05 bits per heavy atom. The van der Waals surface area contributed by atoms with Gasteiger partial charge in [-0.2, -0.15) is 5.26 Å². The molecule has 5 N–H and O–H groups in total. The normalized spacial score (nSPS) is 17.3. The number of hydrogen-bond acceptors (Lipinski definition) is 6. The van der Waals surface area contributed by atoms with Gasteiger partial charge in [0.1, 0.15) is 11.5 Å². The number of likely N-dealkylation sites (tertiary alicyclic amines) is 1. The van der Waals surface area contributed by atoms with Crippen LogP contribution in [0.4, 0.5) is 0 Å². The number of fused-ring (bicyclic) bond motifs is 2. The molecule has 1 aliphatic carbocycles. The van der Waals surface area contributed by atoms with Crippen LogP contribution < -0.4 is 21.7 Å². The molecule has 2 aromatic rings. The fraction of sp³-hybridized carbons (Fsp3) is 0.414. The first-order chi connectivity index (χ1) is 18.8. The lowest BCUT2D eigenvalue weighted by molar-refractivity contribution is -0.130. The van der Waals surface area contributed by atoms with Gasteiger partial charge in [0.25, 0.3) is 11.8 Å². The van der Waals surface area contributed by atoms with Crippen LogP contribution in [-0.4, -0.2) is 68.3 Å². The van der Waals surface area contributed by atoms with Gasteiger partial charge in [0, 0.05) is 31.8 Å². The van der Waals surface area contributed by atoms with E-state index in [-0.39, 0.29) is 30.7 Å². The molecular formula is C29H34N6O4. The van der Waals surface area contributed by atoms with Gasteiger partial charge in [-0.3, -0.25) is 19.2 Å². The lowest BCUT2D eigenvalue weighted by atomic mass is 9.69. The first-order valence-corrected chi connectivity index (χ1v) is 13.2. The van der Waals surface area contributed by atoms with Crippen LogP contribution in [0.3, 0.4) is 0 Å². The minimum absolute atomic E-state index is 0.0396. The van der Waals surface area contributed by atoms with Crippen LogP contribution in [-0.2, 0) is 27.8 Å². The predicted octanol–water partition coefficient (Wildman–Crippen LogP) is 0.770. The lowest BCUT2D eigenvalue weighted by Crippen LogP contribution is -2.46. The van der Waals surface area contributed by atoms with Crippen molar-refractivity contribution in [3.63, 3.8) is 0 Å². The van der Waals surface area contributed by atoms with Crippen LogP contribution in [0, 0.1) is 11.3 Å². The number of carbonyl (C=O) groups excluding carboxylic acids is 4. The minimum atomic E-state index is -1.25. The number of nitrogens with two attached hydrogens (primary N) is 1. The highest BCUT2D eigenvalue weighted by Gasteiger charge is 2.44. The van der Waals surface area contributed by atoms with Gasteiger partial charge >= 0.3 is 0 Å². The highest BCUT2D eigenvalue weighted by atomic mass is 16.2. The molecule has 1 aliphatic heterocycles. The summed E-state index contributed by atoms with van der Waals surface area (Å²) >= 11 is 0. The van der Waals surface area contributed by atoms with Crippen LogP contribution in [0.25, 0.3) is 0 Å². The van der Waals surface area contributed by atoms with Crippen molar-refractivity contribution in [2.75, 3.05) is 33.7 Å². The summed E-state index contributed by atoms with van der Waals surface area (Å²) in [5, 5.41) is 17.7. The van der Waals surface area contributed by atoms with Crippen molar-refractivity contribution < 1.29 is 19.2 Å². The number of nitrogens with one attached hydrogen (secondary N) is 3. The number of nitrogens with zero attached hydrogens (tertiary/aromatic N) is 2. The zero-order chi connectivity index (χ0) is 28.2. The van der Waals surface area contributed by atoms with Gasteiger partial charge in [-0.15, -0.1) is 0 Å². The van der Waals surface area contributed by atoms with Crippen LogP contribution in [0.2, 0.25) is 0 Å². The van der Waals surface area contributed by atoms with Crippen molar-refractivity contribution in [1.82, 2.24) is 20.9 Å². The molecule has 4 rings (SSSR count). The molecule has 204 valence electrons. The molecule has 1 atom stereocenters. The Morgan fingerprint density at radius 1 is 1.00 bits per heavy atom. The van der Waals surface area contributed by atoms with E-state index in [9.17, 15) is 24.4 Å². The molecule has 10 heteroatoms. The second-order valence-corrected chi connectivity index (χ2v) is 9.97. The number of aryl methyl sites for hydroxylation is 2. The van der Waals surface area contributed by atoms with E-state index in [1.165, 1.54) is 0 Å². The fourth-order valence-electron chi connectivity index (χ4n) is 5.85. The third-order valence-electron chi connectivity index (χ3n) is 7.87. The number of amides is 4. The van der Waals surface area contributed by atoms with Crippen molar-refractivity contribution >= 4 is 23.6 Å². The fourth-order valence-corrected chi connectivity index (χ4v) is 5.85. The summed E-state index contributed by atoms with van der Waals surface area (Å²) in [6, 6.07) is 12.3. The maximum absolute atomic E-state index is 13.4. The third-order valence-corrected chi connectivity index (χ3v) is 7.87. The summed E-state index contributed by atoms with van der Waals surface area (Å²) in [6.45, 7) is 0.900. The molecule has 1 heterocycles. The van der Waals surface area contributed by atoms with Gasteiger partial charge in [0.15, 0.2) is 0 Å². The van der Waals surface area contributed by atoms with Crippen LogP contribution in [0.1, 0.15) is 62.2 Å². The monoisotopic (exact) mass is 530 g/mol. The van der Waals surface area contributed by atoms with Crippen LogP contribution >= 0.6 is 0 Å². The Bertz CT molecular complexity index is 1280. The maximum Gasteiger partial charge on any atom is 0.251 e. The smallest absolute Gasteiger partial charge is 0.251 e. The molecule has 0 aromatic heterocycles. The van der Waals surface area contributed by atoms with Crippen LogP contribution in [0.15, 0.2) is 36.4 Å². The lowest BCUT2D eigenvalue weighted by Gasteiger charge is -2.34. The van der Waals surface area contributed by atoms with E-state index >= 15 is 0 Å². The number of nitriles is 1. The first kappa shape index (κ1) is 27.8. The molecule has 10 nitrogen and oxygen atoms in total. The molecule has 0 radical (unpaired) electrons. The van der Waals surface area contributed by atoms with Gasteiger partial charge < -0.3 is 26.6 Å². The summed E-state index contributed by atoms with van der Waals surface area (Å²) in [7, 11) is 3.12. The average molecular weight is 531 g/mol. The number of benzene rings is 2. The largest absolute Gasteiger partial charge is 0.369 e. The molecule has 0 unspecified atom stereocenters. The molecule has 2 aromatic carbocycles. The van der Waals surface area contributed by atoms with Crippen molar-refractivity contribution in [1.29, 1.82) is 5.26 Å². The Labute approximate surface area is 227 Å². The van der Waals surface area contributed by atoms with E-state index < -0.39 is 17.4 Å². The van der Waals surface area contributed by atoms with Crippen molar-refractivity contribution in [3.8, 4) is 6.07 Å². The van der Waals surface area contributed by atoms with Crippen LogP contribution in [0.5, 0.6) is 0 Å². The van der Waals surface area contributed by atoms with E-state index in [1.807, 2.05) is 0 Å². The minimum Gasteiger partial charge on any atom is -0.369 e. The maximum atomic E-state index is 13.4. The van der Waals surface area contributed by atoms with E-state index in [4.69, 9.17) is 5.73 Å². The van der Waals surface area contributed by atoms with E-state index in [0.29, 0.717) is 54.6 Å². The highest BCUT2D eigenvalue weighted by Crippen LogP contribution is 2.42. The zero-order valence-electron chi connectivity index (χ0n) is 22.3. The molecule has 1 fully saturated rings. The van der Waals surface area contributed by atoms with Crippen molar-refractivity contribution in [3.05, 3.63) is 69.8 Å². The Hall–Kier alpha value is -4.23. The second-order valence-electron chi connectivity index (χ2n) is 9.97. The van der Waals surface area contributed by atoms with Gasteiger partial charge in [-0.25, -0.2) is 0 Å². The molecule has 39 heavy (non-hydrogen) atoms. The molecule has 4 amide bonds. The summed E-state index contributed by atoms with van der Waals surface area (Å²) in [5.41, 5.74) is 8.99. The molecule has 0 spiro atoms. The van der Waals surface area contributed by atoms with Gasteiger partial charge in [0.2, 0.25) is 11.8 Å². The summed E-state index contributed by atoms with van der Waals surface area (Å²) < 4.78 is 0. The third kappa shape index (κ3) is 5.22. The van der Waals surface area contributed by atoms with Crippen molar-refractivity contribution in [2.24, 2.45) is 5.73 Å². The predicted molar refractivity (Wildman–Crippen MR) is 145 cm³/mol. The first-order valence-electron chi connectivity index (χ1n) is 13.2. The number of carbonyl (C=O) groups is 4. The Morgan fingerprint density at radius 2 is 1.56 bits per heavy atom. The number of hydrogen-bond donors (Lipinski definition) is 4. The topological polar surface area (TPSA) is 157 Å². The number of rotatable bonds is 8. The summed E-state index contributed by atoms with van der Waals surface area (Å²) in [5.74, 6) is -1.17. The molecule has 2 aliphatic rings. The molecular weight excluding hydrogens is 496 g/mol. The van der Waals surface area contributed by atoms with E-state index in [2.05, 4.69) is 22.0 Å². The van der Waals surface area contributed by atoms with E-state index in [1.54, 1.807) is 55.4 Å². The molecule has 0 bridgehead atoms. The van der Waals surface area contributed by atoms with Crippen molar-refractivity contribution in [2.45, 2.75) is 43.6 Å². The summed E-state index contributed by atoms with van der Waals surface area (Å²) in [6.07, 6.45) is 2.84. The number of primary amides is 1. The molecule has 1 saturated heterocycles. The van der Waals surface area contributed by atoms with Gasteiger partial charge in [-0.05, 0) is 85.2 Å². The van der Waals surface area contributed by atoms with Gasteiger partial charge in [0.05, 0.1) is 12.6 Å². The molecule has 0 saturated carbocycles.